The zero-order valence-electron chi connectivity index (χ0n) is 16.0. The van der Waals surface area contributed by atoms with Crippen LogP contribution in [0.4, 0.5) is 0 Å². The molecule has 28 heavy (non-hydrogen) atoms. The van der Waals surface area contributed by atoms with Crippen LogP contribution in [-0.4, -0.2) is 38.0 Å². The van der Waals surface area contributed by atoms with Crippen molar-refractivity contribution in [2.45, 2.75) is 25.6 Å². The third-order valence-electron chi connectivity index (χ3n) is 4.47. The molecule has 6 heteroatoms. The second-order valence-corrected chi connectivity index (χ2v) is 6.40. The highest BCUT2D eigenvalue weighted by molar-refractivity contribution is 6.08. The molecule has 6 nitrogen and oxygen atoms in total. The summed E-state index contributed by atoms with van der Waals surface area (Å²) < 4.78 is 21.7. The number of carbonyl (C=O) groups excluding carboxylic acids is 1. The Kier molecular flexibility index (Phi) is 6.55. The summed E-state index contributed by atoms with van der Waals surface area (Å²) in [6.45, 7) is 0.675. The van der Waals surface area contributed by atoms with Crippen molar-refractivity contribution in [3.63, 3.8) is 0 Å². The average Bonchev–Trinajstić information content (AvgIpc) is 2.72. The molecule has 3 rings (SSSR count). The van der Waals surface area contributed by atoms with E-state index < -0.39 is 0 Å². The highest BCUT2D eigenvalue weighted by Crippen LogP contribution is 2.29. The topological polar surface area (TPSA) is 74.2 Å². The van der Waals surface area contributed by atoms with Gasteiger partial charge in [0.15, 0.2) is 23.6 Å². The molecule has 1 atom stereocenters. The number of hydrogen-bond acceptors (Lipinski definition) is 6. The van der Waals surface area contributed by atoms with Gasteiger partial charge in [-0.3, -0.25) is 4.79 Å². The Morgan fingerprint density at radius 2 is 1.93 bits per heavy atom. The molecule has 0 spiro atoms. The van der Waals surface area contributed by atoms with Gasteiger partial charge in [0, 0.05) is 12.5 Å². The molecular formula is C22H24O6. The molecule has 2 aromatic rings. The summed E-state index contributed by atoms with van der Waals surface area (Å²) in [4.78, 5) is 12.4. The van der Waals surface area contributed by atoms with Gasteiger partial charge in [-0.15, -0.1) is 0 Å². The Morgan fingerprint density at radius 3 is 2.61 bits per heavy atom. The van der Waals surface area contributed by atoms with Crippen molar-refractivity contribution in [2.75, 3.05) is 20.8 Å². The number of carbonyl (C=O) groups is 1. The molecule has 0 aliphatic carbocycles. The van der Waals surface area contributed by atoms with Crippen LogP contribution in [0.15, 0.2) is 42.5 Å². The van der Waals surface area contributed by atoms with Crippen molar-refractivity contribution in [3.05, 3.63) is 53.6 Å². The van der Waals surface area contributed by atoms with Gasteiger partial charge in [-0.2, -0.15) is 0 Å². The lowest BCUT2D eigenvalue weighted by molar-refractivity contribution is -0.105. The highest BCUT2D eigenvalue weighted by Gasteiger charge is 2.17. The van der Waals surface area contributed by atoms with Crippen molar-refractivity contribution < 1.29 is 28.8 Å². The van der Waals surface area contributed by atoms with Gasteiger partial charge in [0.25, 0.3) is 0 Å². The third kappa shape index (κ3) is 4.84. The predicted molar refractivity (Wildman–Crippen MR) is 105 cm³/mol. The minimum Gasteiger partial charge on any atom is -0.507 e. The maximum atomic E-state index is 12.4. The summed E-state index contributed by atoms with van der Waals surface area (Å²) in [7, 11) is 3.12. The first-order valence-electron chi connectivity index (χ1n) is 9.16. The highest BCUT2D eigenvalue weighted by atomic mass is 16.7. The van der Waals surface area contributed by atoms with Crippen molar-refractivity contribution >= 4 is 11.9 Å². The van der Waals surface area contributed by atoms with E-state index in [2.05, 4.69) is 0 Å². The minimum absolute atomic E-state index is 0.129. The van der Waals surface area contributed by atoms with Gasteiger partial charge in [0.05, 0.1) is 26.4 Å². The lowest BCUT2D eigenvalue weighted by Gasteiger charge is -2.23. The van der Waals surface area contributed by atoms with Crippen LogP contribution >= 0.6 is 0 Å². The van der Waals surface area contributed by atoms with Gasteiger partial charge < -0.3 is 24.1 Å². The van der Waals surface area contributed by atoms with E-state index in [4.69, 9.17) is 18.9 Å². The smallest absolute Gasteiger partial charge is 0.199 e. The van der Waals surface area contributed by atoms with Crippen molar-refractivity contribution in [1.29, 1.82) is 0 Å². The first kappa shape index (κ1) is 19.8. The van der Waals surface area contributed by atoms with Crippen molar-refractivity contribution in [3.8, 4) is 23.0 Å². The van der Waals surface area contributed by atoms with E-state index in [0.717, 1.165) is 24.8 Å². The minimum atomic E-state index is -0.312. The normalized spacial score (nSPS) is 16.7. The number of aromatic hydroxyl groups is 1. The van der Waals surface area contributed by atoms with Crippen LogP contribution in [0.3, 0.4) is 0 Å². The predicted octanol–water partition coefficient (Wildman–Crippen LogP) is 4.21. The van der Waals surface area contributed by atoms with E-state index >= 15 is 0 Å². The molecule has 1 aliphatic rings. The van der Waals surface area contributed by atoms with Gasteiger partial charge in [-0.25, -0.2) is 0 Å². The second kappa shape index (κ2) is 9.28. The van der Waals surface area contributed by atoms with Crippen LogP contribution in [0.2, 0.25) is 0 Å². The van der Waals surface area contributed by atoms with Crippen molar-refractivity contribution in [2.24, 2.45) is 0 Å². The second-order valence-electron chi connectivity index (χ2n) is 6.40. The standard InChI is InChI=1S/C22H24O6/c1-25-20-11-7-15(13-21(20)26-2)6-10-18(23)17-9-8-16(14-19(17)24)28-22-5-3-4-12-27-22/h6-11,13-14,22,24H,3-5,12H2,1-2H3. The Balaban J connectivity index is 1.69. The maximum Gasteiger partial charge on any atom is 0.199 e. The van der Waals surface area contributed by atoms with E-state index in [1.807, 2.05) is 6.07 Å². The van der Waals surface area contributed by atoms with E-state index in [0.29, 0.717) is 23.9 Å². The number of phenols is 1. The molecule has 0 amide bonds. The fourth-order valence-electron chi connectivity index (χ4n) is 2.97. The summed E-state index contributed by atoms with van der Waals surface area (Å²) >= 11 is 0. The molecule has 1 heterocycles. The largest absolute Gasteiger partial charge is 0.507 e. The summed E-state index contributed by atoms with van der Waals surface area (Å²) in [5, 5.41) is 10.2. The molecule has 1 unspecified atom stereocenters. The summed E-state index contributed by atoms with van der Waals surface area (Å²) in [5.74, 6) is 1.22. The van der Waals surface area contributed by atoms with Crippen LogP contribution in [-0.2, 0) is 4.74 Å². The molecule has 148 valence electrons. The monoisotopic (exact) mass is 384 g/mol. The number of rotatable bonds is 7. The Bertz CT molecular complexity index is 852. The van der Waals surface area contributed by atoms with E-state index in [1.165, 1.54) is 12.1 Å². The lowest BCUT2D eigenvalue weighted by Crippen LogP contribution is -2.24. The molecule has 2 aromatic carbocycles. The van der Waals surface area contributed by atoms with Crippen LogP contribution < -0.4 is 14.2 Å². The fraction of sp³-hybridized carbons (Fsp3) is 0.318. The molecule has 0 aromatic heterocycles. The van der Waals surface area contributed by atoms with Gasteiger partial charge >= 0.3 is 0 Å². The van der Waals surface area contributed by atoms with Gasteiger partial charge in [0.1, 0.15) is 11.5 Å². The first-order valence-corrected chi connectivity index (χ1v) is 9.16. The summed E-state index contributed by atoms with van der Waals surface area (Å²) in [5.41, 5.74) is 0.980. The molecule has 0 bridgehead atoms. The quantitative estimate of drug-likeness (QED) is 0.569. The zero-order valence-corrected chi connectivity index (χ0v) is 16.0. The Labute approximate surface area is 164 Å². The number of ether oxygens (including phenoxy) is 4. The fourth-order valence-corrected chi connectivity index (χ4v) is 2.97. The van der Waals surface area contributed by atoms with Gasteiger partial charge in [-0.1, -0.05) is 12.1 Å². The lowest BCUT2D eigenvalue weighted by atomic mass is 10.1. The average molecular weight is 384 g/mol. The molecule has 1 aliphatic heterocycles. The maximum absolute atomic E-state index is 12.4. The van der Waals surface area contributed by atoms with Crippen LogP contribution in [0.5, 0.6) is 23.0 Å². The molecule has 1 saturated heterocycles. The molecule has 0 radical (unpaired) electrons. The molecule has 1 fully saturated rings. The van der Waals surface area contributed by atoms with Gasteiger partial charge in [-0.05, 0) is 48.7 Å². The molecule has 0 saturated carbocycles. The van der Waals surface area contributed by atoms with E-state index in [-0.39, 0.29) is 23.4 Å². The Hall–Kier alpha value is -2.99. The van der Waals surface area contributed by atoms with Crippen LogP contribution in [0.25, 0.3) is 6.08 Å². The van der Waals surface area contributed by atoms with Crippen LogP contribution in [0, 0.1) is 0 Å². The van der Waals surface area contributed by atoms with E-state index in [1.54, 1.807) is 44.6 Å². The van der Waals surface area contributed by atoms with E-state index in [9.17, 15) is 9.90 Å². The summed E-state index contributed by atoms with van der Waals surface area (Å²) in [6.07, 6.45) is 5.65. The summed E-state index contributed by atoms with van der Waals surface area (Å²) in [6, 6.07) is 10.00. The van der Waals surface area contributed by atoms with Gasteiger partial charge in [0.2, 0.25) is 0 Å². The number of ketones is 1. The number of methoxy groups -OCH3 is 2. The third-order valence-corrected chi connectivity index (χ3v) is 4.47. The number of phenolic OH excluding ortho intramolecular Hbond substituents is 1. The SMILES string of the molecule is COc1ccc(C=CC(=O)c2ccc(OC3CCCCO3)cc2O)cc1OC. The molecule has 1 N–H and O–H groups in total. The number of hydrogen-bond donors (Lipinski definition) is 1. The molecular weight excluding hydrogens is 360 g/mol. The van der Waals surface area contributed by atoms with Crippen molar-refractivity contribution in [1.82, 2.24) is 0 Å². The first-order chi connectivity index (χ1) is 13.6. The number of benzene rings is 2. The Morgan fingerprint density at radius 1 is 1.11 bits per heavy atom. The number of allylic oxidation sites excluding steroid dienone is 1. The zero-order chi connectivity index (χ0) is 19.9. The van der Waals surface area contributed by atoms with Crippen LogP contribution in [0.1, 0.15) is 35.2 Å².